The molecule has 0 aromatic carbocycles. The van der Waals surface area contributed by atoms with E-state index in [0.29, 0.717) is 25.6 Å². The maximum absolute atomic E-state index is 13.1. The SMILES string of the molecule is CC(C)(C)NC(=O)N1C[C@@H]2C[C@H](C1)c1ccc(CN3CCOCC3)c(=O)n1C2. The molecule has 28 heavy (non-hydrogen) atoms. The minimum absolute atomic E-state index is 0.00179. The first-order chi connectivity index (χ1) is 13.3. The monoisotopic (exact) mass is 388 g/mol. The van der Waals surface area contributed by atoms with Gasteiger partial charge in [0, 0.05) is 62.0 Å². The number of hydrogen-bond acceptors (Lipinski definition) is 4. The van der Waals surface area contributed by atoms with Crippen LogP contribution in [-0.4, -0.2) is 65.3 Å². The minimum Gasteiger partial charge on any atom is -0.379 e. The van der Waals surface area contributed by atoms with Gasteiger partial charge in [-0.05, 0) is 39.2 Å². The van der Waals surface area contributed by atoms with Gasteiger partial charge in [-0.15, -0.1) is 0 Å². The van der Waals surface area contributed by atoms with Crippen molar-refractivity contribution in [2.75, 3.05) is 39.4 Å². The van der Waals surface area contributed by atoms with E-state index < -0.39 is 0 Å². The third-order valence-corrected chi connectivity index (χ3v) is 5.95. The average Bonchev–Trinajstić information content (AvgIpc) is 2.64. The van der Waals surface area contributed by atoms with Gasteiger partial charge in [-0.2, -0.15) is 0 Å². The van der Waals surface area contributed by atoms with Gasteiger partial charge in [0.2, 0.25) is 0 Å². The number of urea groups is 1. The third-order valence-electron chi connectivity index (χ3n) is 5.95. The molecule has 0 aliphatic carbocycles. The van der Waals surface area contributed by atoms with Crippen molar-refractivity contribution in [1.29, 1.82) is 0 Å². The van der Waals surface area contributed by atoms with Crippen molar-refractivity contribution in [1.82, 2.24) is 19.7 Å². The summed E-state index contributed by atoms with van der Waals surface area (Å²) in [6.45, 7) is 12.0. The molecule has 2 saturated heterocycles. The van der Waals surface area contributed by atoms with E-state index in [2.05, 4.69) is 16.3 Å². The molecule has 154 valence electrons. The number of pyridine rings is 1. The van der Waals surface area contributed by atoms with Crippen LogP contribution in [-0.2, 0) is 17.8 Å². The first kappa shape index (κ1) is 19.5. The first-order valence-electron chi connectivity index (χ1n) is 10.4. The van der Waals surface area contributed by atoms with E-state index in [-0.39, 0.29) is 23.0 Å². The van der Waals surface area contributed by atoms with E-state index in [4.69, 9.17) is 4.74 Å². The van der Waals surface area contributed by atoms with Gasteiger partial charge in [0.25, 0.3) is 5.56 Å². The Kier molecular flexibility index (Phi) is 5.22. The van der Waals surface area contributed by atoms with Gasteiger partial charge in [-0.25, -0.2) is 4.79 Å². The van der Waals surface area contributed by atoms with Crippen molar-refractivity contribution in [3.05, 3.63) is 33.7 Å². The zero-order valence-corrected chi connectivity index (χ0v) is 17.2. The van der Waals surface area contributed by atoms with Crippen LogP contribution in [0.1, 0.15) is 44.4 Å². The number of amides is 2. The number of likely N-dealkylation sites (tertiary alicyclic amines) is 1. The Bertz CT molecular complexity index is 792. The van der Waals surface area contributed by atoms with E-state index in [1.807, 2.05) is 36.3 Å². The quantitative estimate of drug-likeness (QED) is 0.836. The number of nitrogens with one attached hydrogen (secondary N) is 1. The van der Waals surface area contributed by atoms with Gasteiger partial charge in [-0.1, -0.05) is 6.07 Å². The highest BCUT2D eigenvalue weighted by Crippen LogP contribution is 2.35. The molecule has 2 amide bonds. The molecule has 2 fully saturated rings. The molecule has 1 aromatic rings. The smallest absolute Gasteiger partial charge is 0.317 e. The fourth-order valence-corrected chi connectivity index (χ4v) is 4.68. The summed E-state index contributed by atoms with van der Waals surface area (Å²) in [6, 6.07) is 4.11. The van der Waals surface area contributed by atoms with Gasteiger partial charge in [-0.3, -0.25) is 9.69 Å². The van der Waals surface area contributed by atoms with E-state index in [1.54, 1.807) is 0 Å². The molecule has 4 rings (SSSR count). The summed E-state index contributed by atoms with van der Waals surface area (Å²) in [5.74, 6) is 0.580. The standard InChI is InChI=1S/C21H32N4O3/c1-21(2,3)22-20(27)24-11-15-10-17(14-24)18-5-4-16(19(26)25(18)12-15)13-23-6-8-28-9-7-23/h4-5,15,17H,6-14H2,1-3H3,(H,22,27)/t15-,17+/m0/s1. The predicted molar refractivity (Wildman–Crippen MR) is 108 cm³/mol. The second kappa shape index (κ2) is 7.52. The van der Waals surface area contributed by atoms with Crippen LogP contribution < -0.4 is 10.9 Å². The number of hydrogen-bond donors (Lipinski definition) is 1. The van der Waals surface area contributed by atoms with Crippen molar-refractivity contribution in [3.63, 3.8) is 0 Å². The number of nitrogens with zero attached hydrogens (tertiary/aromatic N) is 3. The summed E-state index contributed by atoms with van der Waals surface area (Å²) in [5.41, 5.74) is 1.85. The summed E-state index contributed by atoms with van der Waals surface area (Å²) < 4.78 is 7.39. The lowest BCUT2D eigenvalue weighted by molar-refractivity contribution is 0.0338. The summed E-state index contributed by atoms with van der Waals surface area (Å²) in [4.78, 5) is 30.0. The molecular formula is C21H32N4O3. The van der Waals surface area contributed by atoms with Crippen LogP contribution in [0.15, 0.2) is 16.9 Å². The van der Waals surface area contributed by atoms with Crippen LogP contribution in [0.5, 0.6) is 0 Å². The Labute approximate surface area is 166 Å². The number of rotatable bonds is 2. The van der Waals surface area contributed by atoms with Gasteiger partial charge in [0.15, 0.2) is 0 Å². The molecule has 0 unspecified atom stereocenters. The third kappa shape index (κ3) is 4.10. The number of morpholine rings is 1. The minimum atomic E-state index is -0.243. The van der Waals surface area contributed by atoms with Crippen molar-refractivity contribution < 1.29 is 9.53 Å². The van der Waals surface area contributed by atoms with Crippen molar-refractivity contribution in [3.8, 4) is 0 Å². The molecule has 2 atom stereocenters. The predicted octanol–water partition coefficient (Wildman–Crippen LogP) is 1.61. The normalized spacial score (nSPS) is 25.3. The molecule has 3 aliphatic heterocycles. The number of carbonyl (C=O) groups excluding carboxylic acids is 1. The Hall–Kier alpha value is -1.86. The molecular weight excluding hydrogens is 356 g/mol. The molecule has 7 heteroatoms. The average molecular weight is 389 g/mol. The number of ether oxygens (including phenoxy) is 1. The fraction of sp³-hybridized carbons (Fsp3) is 0.714. The van der Waals surface area contributed by atoms with Crippen LogP contribution in [0.25, 0.3) is 0 Å². The Balaban J connectivity index is 1.52. The topological polar surface area (TPSA) is 66.8 Å². The Morgan fingerprint density at radius 1 is 1.18 bits per heavy atom. The van der Waals surface area contributed by atoms with Crippen LogP contribution in [0, 0.1) is 5.92 Å². The van der Waals surface area contributed by atoms with Crippen LogP contribution >= 0.6 is 0 Å². The molecule has 0 saturated carbocycles. The molecule has 7 nitrogen and oxygen atoms in total. The van der Waals surface area contributed by atoms with Crippen molar-refractivity contribution >= 4 is 6.03 Å². The van der Waals surface area contributed by atoms with Crippen molar-refractivity contribution in [2.45, 2.75) is 51.7 Å². The lowest BCUT2D eigenvalue weighted by Gasteiger charge is -2.43. The molecule has 1 aromatic heterocycles. The van der Waals surface area contributed by atoms with Gasteiger partial charge in [0.05, 0.1) is 13.2 Å². The van der Waals surface area contributed by atoms with Gasteiger partial charge in [0.1, 0.15) is 0 Å². The molecule has 0 spiro atoms. The van der Waals surface area contributed by atoms with Crippen LogP contribution in [0.3, 0.4) is 0 Å². The number of fused-ring (bicyclic) bond motifs is 4. The maximum Gasteiger partial charge on any atom is 0.317 e. The Morgan fingerprint density at radius 2 is 1.93 bits per heavy atom. The zero-order valence-electron chi connectivity index (χ0n) is 17.2. The lowest BCUT2D eigenvalue weighted by Crippen LogP contribution is -2.55. The summed E-state index contributed by atoms with van der Waals surface area (Å²) in [7, 11) is 0. The second-order valence-corrected chi connectivity index (χ2v) is 9.47. The molecule has 4 heterocycles. The highest BCUT2D eigenvalue weighted by molar-refractivity contribution is 5.75. The maximum atomic E-state index is 13.1. The largest absolute Gasteiger partial charge is 0.379 e. The van der Waals surface area contributed by atoms with Crippen molar-refractivity contribution in [2.24, 2.45) is 5.92 Å². The zero-order chi connectivity index (χ0) is 19.9. The second-order valence-electron chi connectivity index (χ2n) is 9.47. The van der Waals surface area contributed by atoms with Gasteiger partial charge < -0.3 is 19.5 Å². The molecule has 3 aliphatic rings. The molecule has 0 radical (unpaired) electrons. The van der Waals surface area contributed by atoms with E-state index in [9.17, 15) is 9.59 Å². The van der Waals surface area contributed by atoms with Crippen LogP contribution in [0.4, 0.5) is 4.79 Å². The van der Waals surface area contributed by atoms with E-state index >= 15 is 0 Å². The molecule has 1 N–H and O–H groups in total. The summed E-state index contributed by atoms with van der Waals surface area (Å²) in [5, 5.41) is 3.07. The van der Waals surface area contributed by atoms with E-state index in [0.717, 1.165) is 50.5 Å². The summed E-state index contributed by atoms with van der Waals surface area (Å²) >= 11 is 0. The number of carbonyl (C=O) groups is 1. The van der Waals surface area contributed by atoms with Crippen LogP contribution in [0.2, 0.25) is 0 Å². The Morgan fingerprint density at radius 3 is 2.64 bits per heavy atom. The van der Waals surface area contributed by atoms with E-state index in [1.165, 1.54) is 0 Å². The molecule has 2 bridgehead atoms. The highest BCUT2D eigenvalue weighted by Gasteiger charge is 2.37. The highest BCUT2D eigenvalue weighted by atomic mass is 16.5. The first-order valence-corrected chi connectivity index (χ1v) is 10.4. The lowest BCUT2D eigenvalue weighted by atomic mass is 9.83. The fourth-order valence-electron chi connectivity index (χ4n) is 4.68. The summed E-state index contributed by atoms with van der Waals surface area (Å²) in [6.07, 6.45) is 1.06. The van der Waals surface area contributed by atoms with Gasteiger partial charge >= 0.3 is 6.03 Å². The number of aromatic nitrogens is 1. The number of piperidine rings is 1.